The highest BCUT2D eigenvalue weighted by molar-refractivity contribution is 5.14. The number of rotatable bonds is 8. The third-order valence-electron chi connectivity index (χ3n) is 4.64. The summed E-state index contributed by atoms with van der Waals surface area (Å²) in [4.78, 5) is 2.71. The van der Waals surface area contributed by atoms with Crippen LogP contribution in [-0.2, 0) is 6.54 Å². The first-order chi connectivity index (χ1) is 10.3. The maximum atomic E-state index is 3.69. The van der Waals surface area contributed by atoms with Gasteiger partial charge in [0, 0.05) is 18.6 Å². The van der Waals surface area contributed by atoms with Crippen molar-refractivity contribution in [3.8, 4) is 0 Å². The predicted octanol–water partition coefficient (Wildman–Crippen LogP) is 4.21. The third kappa shape index (κ3) is 5.44. The van der Waals surface area contributed by atoms with Crippen LogP contribution in [0.3, 0.4) is 0 Å². The lowest BCUT2D eigenvalue weighted by atomic mass is 9.89. The van der Waals surface area contributed by atoms with E-state index in [4.69, 9.17) is 0 Å². The number of hydrogen-bond acceptors (Lipinski definition) is 2. The second-order valence-corrected chi connectivity index (χ2v) is 6.42. The van der Waals surface area contributed by atoms with Crippen molar-refractivity contribution in [2.45, 2.75) is 71.0 Å². The Hall–Kier alpha value is -0.860. The fraction of sp³-hybridized carbons (Fsp3) is 0.684. The fourth-order valence-electron chi connectivity index (χ4n) is 3.49. The summed E-state index contributed by atoms with van der Waals surface area (Å²) in [6.07, 6.45) is 7.90. The molecule has 2 nitrogen and oxygen atoms in total. The molecule has 1 aromatic carbocycles. The van der Waals surface area contributed by atoms with Gasteiger partial charge in [0.1, 0.15) is 0 Å². The first-order valence-corrected chi connectivity index (χ1v) is 8.84. The Balaban J connectivity index is 1.85. The smallest absolute Gasteiger partial charge is 0.0236 e. The molecule has 0 aromatic heterocycles. The Morgan fingerprint density at radius 3 is 2.33 bits per heavy atom. The molecule has 118 valence electrons. The Morgan fingerprint density at radius 1 is 1.00 bits per heavy atom. The fourth-order valence-corrected chi connectivity index (χ4v) is 3.49. The van der Waals surface area contributed by atoms with Crippen molar-refractivity contribution >= 4 is 0 Å². The quantitative estimate of drug-likeness (QED) is 0.771. The maximum absolute atomic E-state index is 3.69. The van der Waals surface area contributed by atoms with Crippen molar-refractivity contribution in [3.63, 3.8) is 0 Å². The van der Waals surface area contributed by atoms with Crippen LogP contribution in [0.15, 0.2) is 30.3 Å². The van der Waals surface area contributed by atoms with Crippen LogP contribution in [0, 0.1) is 0 Å². The molecular formula is C19H32N2. The largest absolute Gasteiger partial charge is 0.314 e. The van der Waals surface area contributed by atoms with Crippen molar-refractivity contribution in [2.24, 2.45) is 0 Å². The molecule has 1 fully saturated rings. The molecule has 1 N–H and O–H groups in total. The lowest BCUT2D eigenvalue weighted by molar-refractivity contribution is 0.136. The average Bonchev–Trinajstić information content (AvgIpc) is 2.54. The zero-order chi connectivity index (χ0) is 14.9. The minimum atomic E-state index is 0.765. The van der Waals surface area contributed by atoms with Gasteiger partial charge in [0.15, 0.2) is 0 Å². The molecule has 0 saturated heterocycles. The van der Waals surface area contributed by atoms with Crippen molar-refractivity contribution < 1.29 is 0 Å². The molecule has 0 amide bonds. The number of nitrogens with zero attached hydrogens (tertiary/aromatic N) is 1. The molecule has 0 radical (unpaired) electrons. The number of nitrogens with one attached hydrogen (secondary N) is 1. The normalized spacial score (nSPS) is 22.6. The SMILES string of the molecule is CCCNC1CCC(N(CCC)Cc2ccccc2)CC1. The second-order valence-electron chi connectivity index (χ2n) is 6.42. The van der Waals surface area contributed by atoms with E-state index in [0.29, 0.717) is 0 Å². The summed E-state index contributed by atoms with van der Waals surface area (Å²) in [5, 5.41) is 3.69. The van der Waals surface area contributed by atoms with E-state index in [1.807, 2.05) is 0 Å². The van der Waals surface area contributed by atoms with Crippen molar-refractivity contribution in [1.82, 2.24) is 10.2 Å². The Kier molecular flexibility index (Phi) is 7.25. The molecule has 0 unspecified atom stereocenters. The van der Waals surface area contributed by atoms with E-state index in [9.17, 15) is 0 Å². The highest BCUT2D eigenvalue weighted by atomic mass is 15.2. The van der Waals surface area contributed by atoms with Gasteiger partial charge < -0.3 is 5.32 Å². The van der Waals surface area contributed by atoms with Crippen molar-refractivity contribution in [2.75, 3.05) is 13.1 Å². The number of benzene rings is 1. The molecular weight excluding hydrogens is 256 g/mol. The Labute approximate surface area is 130 Å². The third-order valence-corrected chi connectivity index (χ3v) is 4.64. The van der Waals surface area contributed by atoms with Gasteiger partial charge in [-0.3, -0.25) is 4.90 Å². The van der Waals surface area contributed by atoms with E-state index in [-0.39, 0.29) is 0 Å². The van der Waals surface area contributed by atoms with Gasteiger partial charge in [-0.05, 0) is 57.2 Å². The monoisotopic (exact) mass is 288 g/mol. The van der Waals surface area contributed by atoms with Crippen LogP contribution in [0.4, 0.5) is 0 Å². The summed E-state index contributed by atoms with van der Waals surface area (Å²) in [6, 6.07) is 12.5. The molecule has 1 aliphatic rings. The van der Waals surface area contributed by atoms with Gasteiger partial charge in [0.2, 0.25) is 0 Å². The lowest BCUT2D eigenvalue weighted by Gasteiger charge is -2.37. The molecule has 1 saturated carbocycles. The van der Waals surface area contributed by atoms with Crippen molar-refractivity contribution in [1.29, 1.82) is 0 Å². The highest BCUT2D eigenvalue weighted by Gasteiger charge is 2.25. The van der Waals surface area contributed by atoms with Gasteiger partial charge >= 0.3 is 0 Å². The molecule has 21 heavy (non-hydrogen) atoms. The summed E-state index contributed by atoms with van der Waals surface area (Å²) >= 11 is 0. The van der Waals surface area contributed by atoms with Crippen LogP contribution in [0.5, 0.6) is 0 Å². The van der Waals surface area contributed by atoms with Crippen LogP contribution in [0.1, 0.15) is 57.9 Å². The Bertz CT molecular complexity index is 368. The van der Waals surface area contributed by atoms with Gasteiger partial charge in [0.25, 0.3) is 0 Å². The van der Waals surface area contributed by atoms with Crippen LogP contribution in [0.2, 0.25) is 0 Å². The predicted molar refractivity (Wildman–Crippen MR) is 91.5 cm³/mol. The standard InChI is InChI=1S/C19H32N2/c1-3-14-20-18-10-12-19(13-11-18)21(15-4-2)16-17-8-6-5-7-9-17/h5-9,18-20H,3-4,10-16H2,1-2H3. The highest BCUT2D eigenvalue weighted by Crippen LogP contribution is 2.25. The summed E-state index contributed by atoms with van der Waals surface area (Å²) in [6.45, 7) is 8.07. The van der Waals surface area contributed by atoms with Crippen LogP contribution in [-0.4, -0.2) is 30.1 Å². The van der Waals surface area contributed by atoms with Crippen LogP contribution >= 0.6 is 0 Å². The topological polar surface area (TPSA) is 15.3 Å². The molecule has 0 atom stereocenters. The summed E-state index contributed by atoms with van der Waals surface area (Å²) in [5.74, 6) is 0. The van der Waals surface area contributed by atoms with Gasteiger partial charge in [-0.25, -0.2) is 0 Å². The van der Waals surface area contributed by atoms with Gasteiger partial charge in [-0.15, -0.1) is 0 Å². The molecule has 0 bridgehead atoms. The zero-order valence-electron chi connectivity index (χ0n) is 13.9. The first kappa shape index (κ1) is 16.5. The van der Waals surface area contributed by atoms with Gasteiger partial charge in [-0.2, -0.15) is 0 Å². The van der Waals surface area contributed by atoms with Crippen LogP contribution in [0.25, 0.3) is 0 Å². The first-order valence-electron chi connectivity index (χ1n) is 8.84. The Morgan fingerprint density at radius 2 is 1.71 bits per heavy atom. The maximum Gasteiger partial charge on any atom is 0.0236 e. The molecule has 0 spiro atoms. The van der Waals surface area contributed by atoms with Crippen molar-refractivity contribution in [3.05, 3.63) is 35.9 Å². The van der Waals surface area contributed by atoms with E-state index in [1.54, 1.807) is 0 Å². The molecule has 1 aromatic rings. The molecule has 0 heterocycles. The van der Waals surface area contributed by atoms with E-state index < -0.39 is 0 Å². The van der Waals surface area contributed by atoms with Crippen LogP contribution < -0.4 is 5.32 Å². The van der Waals surface area contributed by atoms with E-state index in [0.717, 1.165) is 18.6 Å². The van der Waals surface area contributed by atoms with Gasteiger partial charge in [-0.1, -0.05) is 44.2 Å². The second kappa shape index (κ2) is 9.22. The molecule has 2 rings (SSSR count). The zero-order valence-corrected chi connectivity index (χ0v) is 13.9. The lowest BCUT2D eigenvalue weighted by Crippen LogP contribution is -2.42. The average molecular weight is 288 g/mol. The minimum Gasteiger partial charge on any atom is -0.314 e. The van der Waals surface area contributed by atoms with Gasteiger partial charge in [0.05, 0.1) is 0 Å². The van der Waals surface area contributed by atoms with E-state index in [1.165, 1.54) is 57.2 Å². The number of hydrogen-bond donors (Lipinski definition) is 1. The van der Waals surface area contributed by atoms with E-state index >= 15 is 0 Å². The minimum absolute atomic E-state index is 0.765. The summed E-state index contributed by atoms with van der Waals surface area (Å²) in [7, 11) is 0. The summed E-state index contributed by atoms with van der Waals surface area (Å²) in [5.41, 5.74) is 1.46. The summed E-state index contributed by atoms with van der Waals surface area (Å²) < 4.78 is 0. The molecule has 0 aliphatic heterocycles. The van der Waals surface area contributed by atoms with E-state index in [2.05, 4.69) is 54.4 Å². The molecule has 2 heteroatoms. The molecule has 1 aliphatic carbocycles.